The lowest BCUT2D eigenvalue weighted by Gasteiger charge is -2.10. The van der Waals surface area contributed by atoms with E-state index in [1.165, 1.54) is 27.8 Å². The van der Waals surface area contributed by atoms with Crippen molar-refractivity contribution in [1.82, 2.24) is 30.4 Å². The third-order valence-corrected chi connectivity index (χ3v) is 4.83. The Kier molecular flexibility index (Phi) is 5.63. The van der Waals surface area contributed by atoms with Crippen LogP contribution in [0.15, 0.2) is 23.4 Å². The molecule has 10 nitrogen and oxygen atoms in total. The van der Waals surface area contributed by atoms with E-state index in [1.54, 1.807) is 32.4 Å². The second-order valence-corrected chi connectivity index (χ2v) is 7.00. The quantitative estimate of drug-likeness (QED) is 0.597. The number of aromatic nitrogens is 6. The van der Waals surface area contributed by atoms with Gasteiger partial charge in [0.25, 0.3) is 0 Å². The van der Waals surface area contributed by atoms with Crippen LogP contribution in [0.1, 0.15) is 5.01 Å². The summed E-state index contributed by atoms with van der Waals surface area (Å²) in [7, 11) is 3.12. The SMILES string of the molecule is COc1ccc(-n2nnnc2SCC(=O)Nc2nnc(C)s2)c(OC)c1. The van der Waals surface area contributed by atoms with Gasteiger partial charge < -0.3 is 9.47 Å². The number of benzene rings is 1. The van der Waals surface area contributed by atoms with E-state index in [4.69, 9.17) is 9.47 Å². The molecular formula is C14H15N7O3S2. The van der Waals surface area contributed by atoms with Gasteiger partial charge in [-0.1, -0.05) is 23.1 Å². The Morgan fingerprint density at radius 2 is 2.12 bits per heavy atom. The molecule has 1 aromatic carbocycles. The number of nitrogens with zero attached hydrogens (tertiary/aromatic N) is 6. The Morgan fingerprint density at radius 1 is 1.27 bits per heavy atom. The van der Waals surface area contributed by atoms with Crippen molar-refractivity contribution < 1.29 is 14.3 Å². The fourth-order valence-corrected chi connectivity index (χ4v) is 3.30. The summed E-state index contributed by atoms with van der Waals surface area (Å²) in [4.78, 5) is 12.1. The number of ether oxygens (including phenoxy) is 2. The van der Waals surface area contributed by atoms with Crippen molar-refractivity contribution in [2.24, 2.45) is 0 Å². The molecule has 0 radical (unpaired) electrons. The highest BCUT2D eigenvalue weighted by molar-refractivity contribution is 7.99. The van der Waals surface area contributed by atoms with Gasteiger partial charge in [0.1, 0.15) is 22.2 Å². The number of nitrogens with one attached hydrogen (secondary N) is 1. The Bertz CT molecular complexity index is 912. The first-order chi connectivity index (χ1) is 12.6. The summed E-state index contributed by atoms with van der Waals surface area (Å²) in [5, 5.41) is 23.7. The lowest BCUT2D eigenvalue weighted by Crippen LogP contribution is -2.14. The first-order valence-electron chi connectivity index (χ1n) is 7.34. The Hall–Kier alpha value is -2.73. The monoisotopic (exact) mass is 393 g/mol. The number of anilines is 1. The molecule has 3 rings (SSSR count). The van der Waals surface area contributed by atoms with Crippen molar-refractivity contribution in [3.8, 4) is 17.2 Å². The molecule has 26 heavy (non-hydrogen) atoms. The van der Waals surface area contributed by atoms with Crippen molar-refractivity contribution in [2.75, 3.05) is 25.3 Å². The summed E-state index contributed by atoms with van der Waals surface area (Å²) in [5.74, 6) is 1.10. The number of tetrazole rings is 1. The van der Waals surface area contributed by atoms with Crippen LogP contribution in [0.2, 0.25) is 0 Å². The molecule has 0 spiro atoms. The highest BCUT2D eigenvalue weighted by atomic mass is 32.2. The van der Waals surface area contributed by atoms with Crippen molar-refractivity contribution in [2.45, 2.75) is 12.1 Å². The first-order valence-corrected chi connectivity index (χ1v) is 9.14. The Labute approximate surface area is 156 Å². The maximum absolute atomic E-state index is 12.1. The fraction of sp³-hybridized carbons (Fsp3) is 0.286. The highest BCUT2D eigenvalue weighted by Crippen LogP contribution is 2.29. The van der Waals surface area contributed by atoms with Crippen molar-refractivity contribution in [3.63, 3.8) is 0 Å². The zero-order valence-corrected chi connectivity index (χ0v) is 15.8. The third kappa shape index (κ3) is 4.08. The van der Waals surface area contributed by atoms with Crippen LogP contribution < -0.4 is 14.8 Å². The molecule has 0 aliphatic heterocycles. The molecule has 1 amide bonds. The molecule has 0 bridgehead atoms. The second kappa shape index (κ2) is 8.10. The average Bonchev–Trinajstić information content (AvgIpc) is 3.28. The van der Waals surface area contributed by atoms with Gasteiger partial charge in [0.2, 0.25) is 16.2 Å². The standard InChI is InChI=1S/C14H15N7O3S2/c1-8-16-17-13(26-8)15-12(22)7-25-14-18-19-20-21(14)10-5-4-9(23-2)6-11(10)24-3/h4-6H,7H2,1-3H3,(H,15,17,22). The summed E-state index contributed by atoms with van der Waals surface area (Å²) >= 11 is 2.51. The number of amides is 1. The van der Waals surface area contributed by atoms with Gasteiger partial charge in [0, 0.05) is 6.07 Å². The third-order valence-electron chi connectivity index (χ3n) is 3.16. The van der Waals surface area contributed by atoms with Gasteiger partial charge in [-0.2, -0.15) is 4.68 Å². The van der Waals surface area contributed by atoms with Gasteiger partial charge in [-0.15, -0.1) is 15.3 Å². The lowest BCUT2D eigenvalue weighted by atomic mass is 10.3. The highest BCUT2D eigenvalue weighted by Gasteiger charge is 2.16. The molecule has 0 aliphatic rings. The molecule has 136 valence electrons. The zero-order chi connectivity index (χ0) is 18.5. The van der Waals surface area contributed by atoms with Crippen molar-refractivity contribution in [3.05, 3.63) is 23.2 Å². The van der Waals surface area contributed by atoms with Crippen LogP contribution in [0.3, 0.4) is 0 Å². The molecule has 0 saturated heterocycles. The van der Waals surface area contributed by atoms with E-state index in [0.29, 0.717) is 27.5 Å². The Morgan fingerprint density at radius 3 is 2.81 bits per heavy atom. The van der Waals surface area contributed by atoms with Gasteiger partial charge in [-0.25, -0.2) is 0 Å². The van der Waals surface area contributed by atoms with Crippen LogP contribution in [-0.4, -0.2) is 56.3 Å². The average molecular weight is 393 g/mol. The molecule has 12 heteroatoms. The van der Waals surface area contributed by atoms with E-state index in [1.807, 2.05) is 6.92 Å². The topological polar surface area (TPSA) is 117 Å². The van der Waals surface area contributed by atoms with Crippen LogP contribution in [0.25, 0.3) is 5.69 Å². The van der Waals surface area contributed by atoms with Crippen LogP contribution in [-0.2, 0) is 4.79 Å². The minimum atomic E-state index is -0.220. The van der Waals surface area contributed by atoms with E-state index in [0.717, 1.165) is 5.01 Å². The number of hydrogen-bond donors (Lipinski definition) is 1. The zero-order valence-electron chi connectivity index (χ0n) is 14.2. The molecule has 0 unspecified atom stereocenters. The minimum Gasteiger partial charge on any atom is -0.497 e. The van der Waals surface area contributed by atoms with Crippen LogP contribution in [0.4, 0.5) is 5.13 Å². The molecule has 2 aromatic heterocycles. The largest absolute Gasteiger partial charge is 0.497 e. The van der Waals surface area contributed by atoms with E-state index in [9.17, 15) is 4.79 Å². The number of carbonyl (C=O) groups excluding carboxylic acids is 1. The molecule has 0 saturated carbocycles. The van der Waals surface area contributed by atoms with E-state index in [-0.39, 0.29) is 11.7 Å². The summed E-state index contributed by atoms with van der Waals surface area (Å²) in [6, 6.07) is 5.29. The molecule has 1 N–H and O–H groups in total. The number of aryl methyl sites for hydroxylation is 1. The maximum atomic E-state index is 12.1. The van der Waals surface area contributed by atoms with E-state index in [2.05, 4.69) is 31.0 Å². The van der Waals surface area contributed by atoms with Gasteiger partial charge in [0.15, 0.2) is 0 Å². The molecule has 0 atom stereocenters. The van der Waals surface area contributed by atoms with Crippen molar-refractivity contribution in [1.29, 1.82) is 0 Å². The van der Waals surface area contributed by atoms with E-state index >= 15 is 0 Å². The predicted molar refractivity (Wildman–Crippen MR) is 96.3 cm³/mol. The van der Waals surface area contributed by atoms with Crippen molar-refractivity contribution >= 4 is 34.1 Å². The van der Waals surface area contributed by atoms with Gasteiger partial charge in [0.05, 0.1) is 20.0 Å². The van der Waals surface area contributed by atoms with E-state index < -0.39 is 0 Å². The molecular weight excluding hydrogens is 378 g/mol. The molecule has 0 aliphatic carbocycles. The van der Waals surface area contributed by atoms with Gasteiger partial charge in [-0.05, 0) is 29.5 Å². The van der Waals surface area contributed by atoms with Crippen LogP contribution >= 0.6 is 23.1 Å². The predicted octanol–water partition coefficient (Wildman–Crippen LogP) is 1.57. The first kappa shape index (κ1) is 18.1. The number of hydrogen-bond acceptors (Lipinski definition) is 10. The summed E-state index contributed by atoms with van der Waals surface area (Å²) < 4.78 is 12.1. The number of carbonyl (C=O) groups is 1. The fourth-order valence-electron chi connectivity index (χ4n) is 2.01. The van der Waals surface area contributed by atoms with Crippen LogP contribution in [0.5, 0.6) is 11.5 Å². The Balaban J connectivity index is 1.72. The van der Waals surface area contributed by atoms with Gasteiger partial charge >= 0.3 is 0 Å². The summed E-state index contributed by atoms with van der Waals surface area (Å²) in [5.41, 5.74) is 0.640. The minimum absolute atomic E-state index is 0.122. The summed E-state index contributed by atoms with van der Waals surface area (Å²) in [6.45, 7) is 1.82. The number of thioether (sulfide) groups is 1. The maximum Gasteiger partial charge on any atom is 0.236 e. The molecule has 3 aromatic rings. The molecule has 0 fully saturated rings. The number of rotatable bonds is 7. The van der Waals surface area contributed by atoms with Gasteiger partial charge in [-0.3, -0.25) is 10.1 Å². The summed E-state index contributed by atoms with van der Waals surface area (Å²) in [6.07, 6.45) is 0. The second-order valence-electron chi connectivity index (χ2n) is 4.87. The smallest absolute Gasteiger partial charge is 0.236 e. The number of methoxy groups -OCH3 is 2. The molecule has 2 heterocycles. The lowest BCUT2D eigenvalue weighted by molar-refractivity contribution is -0.113. The van der Waals surface area contributed by atoms with Crippen LogP contribution in [0, 0.1) is 6.92 Å². The normalized spacial score (nSPS) is 10.6.